The van der Waals surface area contributed by atoms with E-state index in [-0.39, 0.29) is 6.04 Å². The van der Waals surface area contributed by atoms with E-state index in [1.165, 1.54) is 0 Å². The van der Waals surface area contributed by atoms with Crippen molar-refractivity contribution in [2.75, 3.05) is 11.4 Å². The Morgan fingerprint density at radius 2 is 2.29 bits per heavy atom. The first-order valence-electron chi connectivity index (χ1n) is 6.53. The lowest BCUT2D eigenvalue weighted by Gasteiger charge is -2.24. The van der Waals surface area contributed by atoms with Crippen molar-refractivity contribution >= 4 is 17.3 Å². The van der Waals surface area contributed by atoms with Gasteiger partial charge < -0.3 is 14.4 Å². The van der Waals surface area contributed by atoms with Gasteiger partial charge in [-0.1, -0.05) is 11.6 Å². The van der Waals surface area contributed by atoms with Crippen LogP contribution in [-0.2, 0) is 0 Å². The number of nitriles is 1. The number of aliphatic hydroxyl groups excluding tert-OH is 1. The molecule has 1 saturated heterocycles. The van der Waals surface area contributed by atoms with Gasteiger partial charge in [0.2, 0.25) is 11.8 Å². The molecule has 0 saturated carbocycles. The summed E-state index contributed by atoms with van der Waals surface area (Å²) in [6.45, 7) is 2.18. The lowest BCUT2D eigenvalue weighted by atomic mass is 10.1. The number of hydrogen-bond donors (Lipinski definition) is 1. The Labute approximate surface area is 126 Å². The summed E-state index contributed by atoms with van der Waals surface area (Å²) in [6, 6.07) is 7.02. The fourth-order valence-corrected chi connectivity index (χ4v) is 2.77. The van der Waals surface area contributed by atoms with E-state index in [2.05, 4.69) is 10.2 Å². The van der Waals surface area contributed by atoms with Crippen molar-refractivity contribution in [3.05, 3.63) is 40.6 Å². The Bertz CT molecular complexity index is 709. The molecule has 3 rings (SSSR count). The number of benzene rings is 1. The topological polar surface area (TPSA) is 86.2 Å². The van der Waals surface area contributed by atoms with E-state index in [0.717, 1.165) is 5.69 Å². The predicted molar refractivity (Wildman–Crippen MR) is 75.9 cm³/mol. The molecule has 21 heavy (non-hydrogen) atoms. The molecule has 1 aromatic carbocycles. The lowest BCUT2D eigenvalue weighted by molar-refractivity contribution is 0.192. The molecular formula is C14H13ClN4O2. The van der Waals surface area contributed by atoms with Crippen molar-refractivity contribution in [2.24, 2.45) is 0 Å². The molecule has 1 fully saturated rings. The molecule has 0 bridgehead atoms. The Balaban J connectivity index is 1.96. The van der Waals surface area contributed by atoms with E-state index in [9.17, 15) is 5.11 Å². The van der Waals surface area contributed by atoms with Gasteiger partial charge in [-0.15, -0.1) is 10.2 Å². The molecule has 7 heteroatoms. The number of β-amino-alcohol motifs (C(OH)–C–C–N with tert-alkyl or cyclic N) is 1. The molecule has 1 aliphatic heterocycles. The van der Waals surface area contributed by atoms with E-state index in [1.54, 1.807) is 25.1 Å². The number of aromatic nitrogens is 2. The van der Waals surface area contributed by atoms with Crippen LogP contribution in [0, 0.1) is 18.3 Å². The van der Waals surface area contributed by atoms with Crippen LogP contribution in [0.2, 0.25) is 5.02 Å². The van der Waals surface area contributed by atoms with Crippen LogP contribution in [0.5, 0.6) is 0 Å². The number of halogens is 1. The van der Waals surface area contributed by atoms with Crippen LogP contribution in [0.25, 0.3) is 0 Å². The van der Waals surface area contributed by atoms with Crippen LogP contribution in [0.1, 0.15) is 29.8 Å². The van der Waals surface area contributed by atoms with Crippen molar-refractivity contribution < 1.29 is 9.52 Å². The lowest BCUT2D eigenvalue weighted by Crippen LogP contribution is -2.24. The van der Waals surface area contributed by atoms with Gasteiger partial charge in [0.15, 0.2) is 0 Å². The largest absolute Gasteiger partial charge is 0.423 e. The highest BCUT2D eigenvalue weighted by atomic mass is 35.5. The summed E-state index contributed by atoms with van der Waals surface area (Å²) in [5.74, 6) is 0.966. The molecule has 2 atom stereocenters. The number of anilines is 1. The molecule has 0 spiro atoms. The van der Waals surface area contributed by atoms with Crippen molar-refractivity contribution in [1.82, 2.24) is 10.2 Å². The fraction of sp³-hybridized carbons (Fsp3) is 0.357. The van der Waals surface area contributed by atoms with Crippen molar-refractivity contribution in [1.29, 1.82) is 5.26 Å². The van der Waals surface area contributed by atoms with Gasteiger partial charge >= 0.3 is 0 Å². The standard InChI is InChI=1S/C14H13ClN4O2/c1-8-17-18-14(21-8)13-5-11(20)7-19(13)10-3-2-9(6-16)12(15)4-10/h2-4,11,13,20H,5,7H2,1H3/t11-,13-/m1/s1. The first-order chi connectivity index (χ1) is 10.1. The van der Waals surface area contributed by atoms with E-state index in [4.69, 9.17) is 21.3 Å². The molecule has 2 heterocycles. The number of nitrogens with zero attached hydrogens (tertiary/aromatic N) is 4. The SMILES string of the molecule is Cc1nnc([C@H]2C[C@@H](O)CN2c2ccc(C#N)c(Cl)c2)o1. The van der Waals surface area contributed by atoms with Gasteiger partial charge in [-0.3, -0.25) is 0 Å². The van der Waals surface area contributed by atoms with Gasteiger partial charge in [0, 0.05) is 25.6 Å². The molecule has 2 aromatic rings. The minimum Gasteiger partial charge on any atom is -0.423 e. The van der Waals surface area contributed by atoms with Gasteiger partial charge in [-0.05, 0) is 18.2 Å². The van der Waals surface area contributed by atoms with Gasteiger partial charge in [0.1, 0.15) is 12.1 Å². The molecule has 1 aromatic heterocycles. The maximum atomic E-state index is 9.95. The van der Waals surface area contributed by atoms with E-state index in [1.807, 2.05) is 11.0 Å². The van der Waals surface area contributed by atoms with Gasteiger partial charge in [0.05, 0.1) is 16.7 Å². The van der Waals surface area contributed by atoms with E-state index in [0.29, 0.717) is 35.3 Å². The normalized spacial score (nSPS) is 21.5. The van der Waals surface area contributed by atoms with Crippen LogP contribution in [-0.4, -0.2) is 28.0 Å². The van der Waals surface area contributed by atoms with Gasteiger partial charge in [-0.25, -0.2) is 0 Å². The highest BCUT2D eigenvalue weighted by Crippen LogP contribution is 2.37. The summed E-state index contributed by atoms with van der Waals surface area (Å²) < 4.78 is 5.48. The highest BCUT2D eigenvalue weighted by molar-refractivity contribution is 6.32. The van der Waals surface area contributed by atoms with Crippen LogP contribution in [0.4, 0.5) is 5.69 Å². The van der Waals surface area contributed by atoms with Gasteiger partial charge in [-0.2, -0.15) is 5.26 Å². The Morgan fingerprint density at radius 3 is 2.90 bits per heavy atom. The van der Waals surface area contributed by atoms with Crippen LogP contribution >= 0.6 is 11.6 Å². The third-order valence-electron chi connectivity index (χ3n) is 3.51. The molecule has 6 nitrogen and oxygen atoms in total. The van der Waals surface area contributed by atoms with Gasteiger partial charge in [0.25, 0.3) is 0 Å². The zero-order chi connectivity index (χ0) is 15.0. The van der Waals surface area contributed by atoms with Crippen LogP contribution in [0.15, 0.2) is 22.6 Å². The second-order valence-corrected chi connectivity index (χ2v) is 5.40. The summed E-state index contributed by atoms with van der Waals surface area (Å²) in [4.78, 5) is 1.96. The molecule has 108 valence electrons. The van der Waals surface area contributed by atoms with Crippen LogP contribution < -0.4 is 4.90 Å². The summed E-state index contributed by atoms with van der Waals surface area (Å²) >= 11 is 6.08. The molecule has 0 aliphatic carbocycles. The number of rotatable bonds is 2. The molecular weight excluding hydrogens is 292 g/mol. The third-order valence-corrected chi connectivity index (χ3v) is 3.82. The highest BCUT2D eigenvalue weighted by Gasteiger charge is 2.35. The summed E-state index contributed by atoms with van der Waals surface area (Å²) in [7, 11) is 0. The molecule has 0 radical (unpaired) electrons. The first kappa shape index (κ1) is 13.9. The van der Waals surface area contributed by atoms with Crippen molar-refractivity contribution in [3.8, 4) is 6.07 Å². The zero-order valence-corrected chi connectivity index (χ0v) is 12.1. The Kier molecular flexibility index (Phi) is 3.53. The summed E-state index contributed by atoms with van der Waals surface area (Å²) in [5, 5.41) is 27.1. The number of hydrogen-bond acceptors (Lipinski definition) is 6. The van der Waals surface area contributed by atoms with Crippen molar-refractivity contribution in [2.45, 2.75) is 25.5 Å². The Hall–Kier alpha value is -2.10. The summed E-state index contributed by atoms with van der Waals surface area (Å²) in [6.07, 6.45) is 0.0378. The average Bonchev–Trinajstić information content (AvgIpc) is 3.04. The molecule has 1 N–H and O–H groups in total. The minimum atomic E-state index is -0.475. The smallest absolute Gasteiger partial charge is 0.238 e. The quantitative estimate of drug-likeness (QED) is 0.915. The molecule has 0 unspecified atom stereocenters. The van der Waals surface area contributed by atoms with Crippen molar-refractivity contribution in [3.63, 3.8) is 0 Å². The monoisotopic (exact) mass is 304 g/mol. The second-order valence-electron chi connectivity index (χ2n) is 4.99. The number of aliphatic hydroxyl groups is 1. The fourth-order valence-electron chi connectivity index (χ4n) is 2.55. The maximum absolute atomic E-state index is 9.95. The second kappa shape index (κ2) is 5.35. The third kappa shape index (κ3) is 2.58. The average molecular weight is 305 g/mol. The molecule has 1 aliphatic rings. The molecule has 0 amide bonds. The summed E-state index contributed by atoms with van der Waals surface area (Å²) in [5.41, 5.74) is 1.24. The Morgan fingerprint density at radius 1 is 1.48 bits per heavy atom. The van der Waals surface area contributed by atoms with E-state index < -0.39 is 6.10 Å². The number of aryl methyl sites for hydroxylation is 1. The maximum Gasteiger partial charge on any atom is 0.238 e. The van der Waals surface area contributed by atoms with E-state index >= 15 is 0 Å². The minimum absolute atomic E-state index is 0.190. The first-order valence-corrected chi connectivity index (χ1v) is 6.90. The zero-order valence-electron chi connectivity index (χ0n) is 11.3. The predicted octanol–water partition coefficient (Wildman–Crippen LogP) is 2.22. The van der Waals surface area contributed by atoms with Crippen LogP contribution in [0.3, 0.4) is 0 Å².